The van der Waals surface area contributed by atoms with Crippen molar-refractivity contribution in [1.29, 1.82) is 0 Å². The quantitative estimate of drug-likeness (QED) is 0.432. The van der Waals surface area contributed by atoms with Gasteiger partial charge in [0.2, 0.25) is 0 Å². The molecule has 2 aromatic rings. The number of hydrogen-bond acceptors (Lipinski definition) is 8. The topological polar surface area (TPSA) is 105 Å². The Labute approximate surface area is 170 Å². The highest BCUT2D eigenvalue weighted by Crippen LogP contribution is 2.37. The van der Waals surface area contributed by atoms with Gasteiger partial charge >= 0.3 is 23.9 Å². The Morgan fingerprint density at radius 1 is 0.733 bits per heavy atom. The third-order valence-corrected chi connectivity index (χ3v) is 4.56. The molecule has 0 unspecified atom stereocenters. The summed E-state index contributed by atoms with van der Waals surface area (Å²) in [7, 11) is 0. The summed E-state index contributed by atoms with van der Waals surface area (Å²) in [5.41, 5.74) is 1.40. The van der Waals surface area contributed by atoms with Crippen LogP contribution in [0.25, 0.3) is 22.3 Å². The van der Waals surface area contributed by atoms with Crippen LogP contribution in [0.15, 0.2) is 36.4 Å². The molecule has 0 aromatic heterocycles. The summed E-state index contributed by atoms with van der Waals surface area (Å²) in [6.07, 6.45) is 2.22. The molecule has 0 radical (unpaired) electrons. The number of rotatable bonds is 4. The van der Waals surface area contributed by atoms with Crippen LogP contribution in [-0.2, 0) is 28.5 Å². The number of hydrogen-bond donors (Lipinski definition) is 0. The number of esters is 4. The molecule has 0 fully saturated rings. The van der Waals surface area contributed by atoms with Crippen molar-refractivity contribution in [1.82, 2.24) is 0 Å². The smallest absolute Gasteiger partial charge is 0.344 e. The van der Waals surface area contributed by atoms with Crippen LogP contribution in [0, 0.1) is 0 Å². The van der Waals surface area contributed by atoms with Gasteiger partial charge in [0.15, 0.2) is 0 Å². The largest absolute Gasteiger partial charge is 0.463 e. The van der Waals surface area contributed by atoms with Crippen LogP contribution in [0.2, 0.25) is 0 Å². The van der Waals surface area contributed by atoms with E-state index >= 15 is 0 Å². The highest BCUT2D eigenvalue weighted by atomic mass is 16.6. The van der Waals surface area contributed by atoms with E-state index in [-0.39, 0.29) is 35.9 Å². The average molecular weight is 408 g/mol. The van der Waals surface area contributed by atoms with Crippen LogP contribution in [0.1, 0.15) is 45.7 Å². The Bertz CT molecular complexity index is 1090. The van der Waals surface area contributed by atoms with Crippen LogP contribution < -0.4 is 0 Å². The zero-order valence-electron chi connectivity index (χ0n) is 16.1. The number of carbonyl (C=O) groups is 4. The minimum atomic E-state index is -0.625. The number of ether oxygens (including phenoxy) is 4. The fourth-order valence-corrected chi connectivity index (χ4v) is 3.31. The van der Waals surface area contributed by atoms with E-state index in [0.717, 1.165) is 12.2 Å². The Hall–Kier alpha value is -3.94. The lowest BCUT2D eigenvalue weighted by atomic mass is 9.96. The Kier molecular flexibility index (Phi) is 4.83. The summed E-state index contributed by atoms with van der Waals surface area (Å²) in [4.78, 5) is 48.0. The second kappa shape index (κ2) is 7.47. The predicted octanol–water partition coefficient (Wildman–Crippen LogP) is 2.99. The standard InChI is InChI=1S/C22H16O8/c1-3-27-19(23)9-17-13-5-11-8-16-14(6-12(11)7-15(13)21(25)29-17)18(30-22(16)26)10-20(24)28-4-2/h5-10H,3-4H2,1-2H3/b17-9+,18-10+. The zero-order valence-corrected chi connectivity index (χ0v) is 16.1. The fraction of sp³-hybridized carbons (Fsp3) is 0.182. The molecule has 0 N–H and O–H groups in total. The van der Waals surface area contributed by atoms with Crippen molar-refractivity contribution >= 4 is 46.2 Å². The molecule has 4 rings (SSSR count). The monoisotopic (exact) mass is 408 g/mol. The van der Waals surface area contributed by atoms with Crippen molar-refractivity contribution in [3.8, 4) is 0 Å². The zero-order chi connectivity index (χ0) is 21.4. The molecule has 0 saturated carbocycles. The molecule has 2 aliphatic rings. The molecule has 2 aromatic carbocycles. The van der Waals surface area contributed by atoms with E-state index < -0.39 is 23.9 Å². The van der Waals surface area contributed by atoms with Gasteiger partial charge in [-0.2, -0.15) is 0 Å². The van der Waals surface area contributed by atoms with Crippen molar-refractivity contribution in [3.63, 3.8) is 0 Å². The molecule has 152 valence electrons. The molecule has 2 aliphatic heterocycles. The van der Waals surface area contributed by atoms with Gasteiger partial charge in [-0.1, -0.05) is 0 Å². The van der Waals surface area contributed by atoms with E-state index in [1.807, 2.05) is 0 Å². The van der Waals surface area contributed by atoms with E-state index in [1.54, 1.807) is 38.1 Å². The molecule has 0 saturated heterocycles. The molecule has 8 heteroatoms. The van der Waals surface area contributed by atoms with Crippen LogP contribution in [-0.4, -0.2) is 37.1 Å². The maximum atomic E-state index is 12.3. The van der Waals surface area contributed by atoms with E-state index in [4.69, 9.17) is 18.9 Å². The Morgan fingerprint density at radius 2 is 1.10 bits per heavy atom. The molecular weight excluding hydrogens is 392 g/mol. The maximum absolute atomic E-state index is 12.3. The van der Waals surface area contributed by atoms with Crippen molar-refractivity contribution < 1.29 is 38.1 Å². The van der Waals surface area contributed by atoms with Crippen molar-refractivity contribution in [3.05, 3.63) is 58.7 Å². The first kappa shape index (κ1) is 19.4. The maximum Gasteiger partial charge on any atom is 0.344 e. The molecule has 8 nitrogen and oxygen atoms in total. The number of fused-ring (bicyclic) bond motifs is 3. The summed E-state index contributed by atoms with van der Waals surface area (Å²) in [6.45, 7) is 3.72. The Balaban J connectivity index is 1.82. The van der Waals surface area contributed by atoms with E-state index in [1.165, 1.54) is 0 Å². The van der Waals surface area contributed by atoms with Gasteiger partial charge in [0.05, 0.1) is 36.5 Å². The third kappa shape index (κ3) is 3.32. The van der Waals surface area contributed by atoms with Crippen LogP contribution >= 0.6 is 0 Å². The van der Waals surface area contributed by atoms with Gasteiger partial charge in [-0.3, -0.25) is 0 Å². The highest BCUT2D eigenvalue weighted by molar-refractivity contribution is 6.12. The van der Waals surface area contributed by atoms with Crippen molar-refractivity contribution in [2.75, 3.05) is 13.2 Å². The molecule has 0 amide bonds. The molecule has 0 atom stereocenters. The summed E-state index contributed by atoms with van der Waals surface area (Å²) < 4.78 is 20.1. The molecule has 0 spiro atoms. The van der Waals surface area contributed by atoms with Crippen LogP contribution in [0.3, 0.4) is 0 Å². The van der Waals surface area contributed by atoms with Gasteiger partial charge in [-0.05, 0) is 48.9 Å². The lowest BCUT2D eigenvalue weighted by Crippen LogP contribution is -2.01. The van der Waals surface area contributed by atoms with E-state index in [9.17, 15) is 19.2 Å². The van der Waals surface area contributed by atoms with Gasteiger partial charge in [0, 0.05) is 11.1 Å². The summed E-state index contributed by atoms with van der Waals surface area (Å²) in [5, 5.41) is 1.27. The second-order valence-corrected chi connectivity index (χ2v) is 6.44. The van der Waals surface area contributed by atoms with Gasteiger partial charge in [-0.25, -0.2) is 19.2 Å². The number of benzene rings is 2. The average Bonchev–Trinajstić information content (AvgIpc) is 3.15. The molecule has 0 bridgehead atoms. The summed E-state index contributed by atoms with van der Waals surface area (Å²) in [6, 6.07) is 6.51. The SMILES string of the molecule is CCOC(=O)/C=C1/OC(=O)c2cc3cc4c(cc3cc21)C(=O)O/C4=C/C(=O)OCC. The minimum Gasteiger partial charge on any atom is -0.463 e. The number of carbonyl (C=O) groups excluding carboxylic acids is 4. The first-order chi connectivity index (χ1) is 14.4. The normalized spacial score (nSPS) is 17.0. The number of cyclic esters (lactones) is 2. The molecule has 30 heavy (non-hydrogen) atoms. The second-order valence-electron chi connectivity index (χ2n) is 6.44. The van der Waals surface area contributed by atoms with Crippen molar-refractivity contribution in [2.24, 2.45) is 0 Å². The van der Waals surface area contributed by atoms with Gasteiger partial charge in [0.1, 0.15) is 11.5 Å². The fourth-order valence-electron chi connectivity index (χ4n) is 3.31. The first-order valence-electron chi connectivity index (χ1n) is 9.25. The van der Waals surface area contributed by atoms with Crippen molar-refractivity contribution in [2.45, 2.75) is 13.8 Å². The molecule has 2 heterocycles. The van der Waals surface area contributed by atoms with Gasteiger partial charge in [-0.15, -0.1) is 0 Å². The van der Waals surface area contributed by atoms with E-state index in [0.29, 0.717) is 21.9 Å². The molecule has 0 aliphatic carbocycles. The summed E-state index contributed by atoms with van der Waals surface area (Å²) in [5.74, 6) is -2.28. The lowest BCUT2D eigenvalue weighted by Gasteiger charge is -2.04. The highest BCUT2D eigenvalue weighted by Gasteiger charge is 2.31. The molecular formula is C22H16O8. The van der Waals surface area contributed by atoms with Gasteiger partial charge in [0.25, 0.3) is 0 Å². The predicted molar refractivity (Wildman–Crippen MR) is 104 cm³/mol. The van der Waals surface area contributed by atoms with Crippen LogP contribution in [0.5, 0.6) is 0 Å². The van der Waals surface area contributed by atoms with E-state index in [2.05, 4.69) is 0 Å². The Morgan fingerprint density at radius 3 is 1.47 bits per heavy atom. The first-order valence-corrected chi connectivity index (χ1v) is 9.25. The lowest BCUT2D eigenvalue weighted by molar-refractivity contribution is -0.138. The summed E-state index contributed by atoms with van der Waals surface area (Å²) >= 11 is 0. The van der Waals surface area contributed by atoms with Crippen LogP contribution in [0.4, 0.5) is 0 Å². The van der Waals surface area contributed by atoms with Gasteiger partial charge < -0.3 is 18.9 Å². The minimum absolute atomic E-state index is 0.0846. The third-order valence-electron chi connectivity index (χ3n) is 4.56.